The highest BCUT2D eigenvalue weighted by Crippen LogP contribution is 2.33. The van der Waals surface area contributed by atoms with Gasteiger partial charge in [0.25, 0.3) is 5.91 Å². The van der Waals surface area contributed by atoms with Crippen LogP contribution in [0.2, 0.25) is 0 Å². The number of aryl methyl sites for hydroxylation is 1. The summed E-state index contributed by atoms with van der Waals surface area (Å²) in [5, 5.41) is 2.28. The minimum atomic E-state index is -0.995. The first kappa shape index (κ1) is 16.5. The molecule has 1 unspecified atom stereocenters. The van der Waals surface area contributed by atoms with Crippen molar-refractivity contribution in [3.8, 4) is 0 Å². The van der Waals surface area contributed by atoms with Crippen LogP contribution in [-0.2, 0) is 9.59 Å². The fourth-order valence-electron chi connectivity index (χ4n) is 3.48. The zero-order valence-electron chi connectivity index (χ0n) is 14.3. The van der Waals surface area contributed by atoms with Gasteiger partial charge in [0, 0.05) is 6.54 Å². The van der Waals surface area contributed by atoms with E-state index in [9.17, 15) is 14.4 Å². The van der Waals surface area contributed by atoms with Crippen LogP contribution in [0.25, 0.3) is 0 Å². The maximum atomic E-state index is 12.8. The third-order valence-electron chi connectivity index (χ3n) is 4.99. The summed E-state index contributed by atoms with van der Waals surface area (Å²) < 4.78 is 0. The molecule has 6 nitrogen and oxygen atoms in total. The lowest BCUT2D eigenvalue weighted by molar-refractivity contribution is -0.134. The molecule has 0 aliphatic carbocycles. The van der Waals surface area contributed by atoms with Gasteiger partial charge < -0.3 is 9.80 Å². The molecule has 128 valence electrons. The molecular weight excluding hydrogens is 306 g/mol. The summed E-state index contributed by atoms with van der Waals surface area (Å²) in [6.45, 7) is 5.95. The predicted molar refractivity (Wildman–Crippen MR) is 89.2 cm³/mol. The lowest BCUT2D eigenvalue weighted by Gasteiger charge is -2.31. The quantitative estimate of drug-likeness (QED) is 0.862. The van der Waals surface area contributed by atoms with Gasteiger partial charge in [0.1, 0.15) is 12.1 Å². The highest BCUT2D eigenvalue weighted by atomic mass is 16.2. The monoisotopic (exact) mass is 329 g/mol. The predicted octanol–water partition coefficient (Wildman–Crippen LogP) is 1.99. The summed E-state index contributed by atoms with van der Waals surface area (Å²) in [5.74, 6) is -0.478. The second kappa shape index (κ2) is 5.92. The molecule has 0 aromatic heterocycles. The fraction of sp³-hybridized carbons (Fsp3) is 0.500. The number of likely N-dealkylation sites (tertiary alicyclic amines) is 1. The molecule has 1 N–H and O–H groups in total. The molecule has 2 fully saturated rings. The second-order valence-electron chi connectivity index (χ2n) is 7.06. The second-order valence-corrected chi connectivity index (χ2v) is 7.06. The molecule has 2 aliphatic rings. The van der Waals surface area contributed by atoms with Gasteiger partial charge in [-0.3, -0.25) is 14.9 Å². The highest BCUT2D eigenvalue weighted by molar-refractivity contribution is 6.07. The number of imide groups is 1. The molecule has 0 bridgehead atoms. The normalized spacial score (nSPS) is 22.9. The standard InChI is InChI=1S/C18H23N3O3/c1-12-6-4-7-13(10-12)14-8-5-9-20(14)15(22)11-21-17(24)19-16(23)18(21,2)3/h4,6-7,10,14H,5,8-9,11H2,1-3H3,(H,19,23,24). The van der Waals surface area contributed by atoms with Crippen LogP contribution in [0.1, 0.15) is 43.9 Å². The van der Waals surface area contributed by atoms with Gasteiger partial charge in [-0.1, -0.05) is 29.8 Å². The summed E-state index contributed by atoms with van der Waals surface area (Å²) >= 11 is 0. The van der Waals surface area contributed by atoms with Gasteiger partial charge in [-0.15, -0.1) is 0 Å². The molecular formula is C18H23N3O3. The maximum absolute atomic E-state index is 12.8. The van der Waals surface area contributed by atoms with Crippen LogP contribution in [0, 0.1) is 6.92 Å². The van der Waals surface area contributed by atoms with E-state index < -0.39 is 11.6 Å². The number of nitrogens with zero attached hydrogens (tertiary/aromatic N) is 2. The number of hydrogen-bond donors (Lipinski definition) is 1. The Labute approximate surface area is 141 Å². The Bertz CT molecular complexity index is 699. The van der Waals surface area contributed by atoms with Gasteiger partial charge in [-0.05, 0) is 39.2 Å². The van der Waals surface area contributed by atoms with Crippen LogP contribution in [0.5, 0.6) is 0 Å². The van der Waals surface area contributed by atoms with Crippen molar-refractivity contribution in [1.82, 2.24) is 15.1 Å². The number of urea groups is 1. The van der Waals surface area contributed by atoms with Crippen LogP contribution in [0.3, 0.4) is 0 Å². The van der Waals surface area contributed by atoms with Crippen molar-refractivity contribution in [2.24, 2.45) is 0 Å². The van der Waals surface area contributed by atoms with E-state index in [0.717, 1.165) is 24.0 Å². The van der Waals surface area contributed by atoms with E-state index in [-0.39, 0.29) is 24.4 Å². The topological polar surface area (TPSA) is 69.7 Å². The summed E-state index contributed by atoms with van der Waals surface area (Å²) in [7, 11) is 0. The molecule has 3 rings (SSSR count). The molecule has 0 saturated carbocycles. The molecule has 1 aromatic rings. The Kier molecular flexibility index (Phi) is 4.07. The van der Waals surface area contributed by atoms with E-state index in [1.807, 2.05) is 30.0 Å². The SMILES string of the molecule is Cc1cccc(C2CCCN2C(=O)CN2C(=O)NC(=O)C2(C)C)c1. The van der Waals surface area contributed by atoms with E-state index in [4.69, 9.17) is 0 Å². The average Bonchev–Trinajstić information content (AvgIpc) is 3.07. The van der Waals surface area contributed by atoms with Gasteiger partial charge in [-0.25, -0.2) is 4.79 Å². The van der Waals surface area contributed by atoms with Crippen LogP contribution in [-0.4, -0.2) is 46.3 Å². The number of carbonyl (C=O) groups excluding carboxylic acids is 3. The largest absolute Gasteiger partial charge is 0.334 e. The third kappa shape index (κ3) is 2.77. The van der Waals surface area contributed by atoms with Gasteiger partial charge >= 0.3 is 6.03 Å². The average molecular weight is 329 g/mol. The molecule has 1 atom stereocenters. The Morgan fingerprint density at radius 1 is 1.33 bits per heavy atom. The molecule has 2 heterocycles. The minimum absolute atomic E-state index is 0.0434. The van der Waals surface area contributed by atoms with Crippen molar-refractivity contribution in [3.63, 3.8) is 0 Å². The fourth-order valence-corrected chi connectivity index (χ4v) is 3.48. The Balaban J connectivity index is 1.77. The third-order valence-corrected chi connectivity index (χ3v) is 4.99. The van der Waals surface area contributed by atoms with E-state index in [1.54, 1.807) is 13.8 Å². The first-order valence-corrected chi connectivity index (χ1v) is 8.30. The van der Waals surface area contributed by atoms with Crippen molar-refractivity contribution >= 4 is 17.8 Å². The van der Waals surface area contributed by atoms with E-state index in [2.05, 4.69) is 11.4 Å². The smallest absolute Gasteiger partial charge is 0.325 e. The van der Waals surface area contributed by atoms with Crippen LogP contribution >= 0.6 is 0 Å². The Hall–Kier alpha value is -2.37. The lowest BCUT2D eigenvalue weighted by atomic mass is 10.0. The zero-order chi connectivity index (χ0) is 17.5. The number of benzene rings is 1. The molecule has 4 amide bonds. The van der Waals surface area contributed by atoms with Crippen molar-refractivity contribution in [2.75, 3.05) is 13.1 Å². The van der Waals surface area contributed by atoms with Gasteiger partial charge in [-0.2, -0.15) is 0 Å². The van der Waals surface area contributed by atoms with Crippen molar-refractivity contribution in [1.29, 1.82) is 0 Å². The van der Waals surface area contributed by atoms with Gasteiger partial charge in [0.05, 0.1) is 6.04 Å². The summed E-state index contributed by atoms with van der Waals surface area (Å²) in [5.41, 5.74) is 1.30. The molecule has 2 saturated heterocycles. The maximum Gasteiger partial charge on any atom is 0.325 e. The first-order valence-electron chi connectivity index (χ1n) is 8.30. The van der Waals surface area contributed by atoms with E-state index >= 15 is 0 Å². The summed E-state index contributed by atoms with van der Waals surface area (Å²) in [6.07, 6.45) is 1.86. The van der Waals surface area contributed by atoms with Crippen molar-refractivity contribution in [2.45, 2.75) is 45.2 Å². The number of amides is 4. The number of rotatable bonds is 3. The van der Waals surface area contributed by atoms with Gasteiger partial charge in [0.15, 0.2) is 0 Å². The van der Waals surface area contributed by atoms with Crippen LogP contribution < -0.4 is 5.32 Å². The number of carbonyl (C=O) groups is 3. The van der Waals surface area contributed by atoms with Gasteiger partial charge in [0.2, 0.25) is 5.91 Å². The number of hydrogen-bond acceptors (Lipinski definition) is 3. The van der Waals surface area contributed by atoms with Crippen molar-refractivity contribution in [3.05, 3.63) is 35.4 Å². The van der Waals surface area contributed by atoms with E-state index in [0.29, 0.717) is 6.54 Å². The molecule has 0 radical (unpaired) electrons. The van der Waals surface area contributed by atoms with Crippen molar-refractivity contribution < 1.29 is 14.4 Å². The van der Waals surface area contributed by atoms with E-state index in [1.165, 1.54) is 4.90 Å². The minimum Gasteiger partial charge on any atom is -0.334 e. The highest BCUT2D eigenvalue weighted by Gasteiger charge is 2.47. The molecule has 2 aliphatic heterocycles. The zero-order valence-corrected chi connectivity index (χ0v) is 14.3. The summed E-state index contributed by atoms with van der Waals surface area (Å²) in [4.78, 5) is 39.8. The Morgan fingerprint density at radius 3 is 2.71 bits per heavy atom. The lowest BCUT2D eigenvalue weighted by Crippen LogP contribution is -2.49. The Morgan fingerprint density at radius 2 is 2.08 bits per heavy atom. The number of nitrogens with one attached hydrogen (secondary N) is 1. The molecule has 24 heavy (non-hydrogen) atoms. The molecule has 6 heteroatoms. The molecule has 1 aromatic carbocycles. The van der Waals surface area contributed by atoms with Crippen LogP contribution in [0.15, 0.2) is 24.3 Å². The first-order chi connectivity index (χ1) is 11.3. The summed E-state index contributed by atoms with van der Waals surface area (Å²) in [6, 6.07) is 7.73. The van der Waals surface area contributed by atoms with Crippen LogP contribution in [0.4, 0.5) is 4.79 Å². The molecule has 0 spiro atoms.